The van der Waals surface area contributed by atoms with Gasteiger partial charge >= 0.3 is 0 Å². The van der Waals surface area contributed by atoms with Gasteiger partial charge in [0.2, 0.25) is 5.78 Å². The second-order valence-corrected chi connectivity index (χ2v) is 8.37. The molecule has 1 amide bonds. The molecule has 3 rings (SSSR count). The van der Waals surface area contributed by atoms with Crippen LogP contribution in [0.3, 0.4) is 0 Å². The molecular weight excluding hydrogens is 412 g/mol. The van der Waals surface area contributed by atoms with Gasteiger partial charge in [-0.1, -0.05) is 39.0 Å². The second-order valence-electron chi connectivity index (χ2n) is 7.42. The number of Topliss-reactive ketones (excluding diaryl/α,β-unsaturated/α-hetero) is 1. The van der Waals surface area contributed by atoms with E-state index in [2.05, 4.69) is 18.7 Å². The van der Waals surface area contributed by atoms with Crippen molar-refractivity contribution < 1.29 is 19.4 Å². The van der Waals surface area contributed by atoms with Gasteiger partial charge in [-0.2, -0.15) is 0 Å². The summed E-state index contributed by atoms with van der Waals surface area (Å²) in [7, 11) is 0. The molecule has 0 saturated carbocycles. The zero-order valence-electron chi connectivity index (χ0n) is 18.3. The van der Waals surface area contributed by atoms with Crippen LogP contribution in [0.5, 0.6) is 5.75 Å². The van der Waals surface area contributed by atoms with Crippen LogP contribution < -0.4 is 4.74 Å². The van der Waals surface area contributed by atoms with E-state index in [0.717, 1.165) is 25.1 Å². The summed E-state index contributed by atoms with van der Waals surface area (Å²) >= 11 is 1.30. The van der Waals surface area contributed by atoms with E-state index in [1.54, 1.807) is 17.0 Å². The quantitative estimate of drug-likeness (QED) is 0.521. The van der Waals surface area contributed by atoms with Gasteiger partial charge in [-0.15, -0.1) is 11.3 Å². The molecule has 0 aliphatic carbocycles. The van der Waals surface area contributed by atoms with Gasteiger partial charge in [0.25, 0.3) is 5.91 Å². The van der Waals surface area contributed by atoms with Crippen LogP contribution in [0.2, 0.25) is 0 Å². The van der Waals surface area contributed by atoms with E-state index < -0.39 is 17.7 Å². The Morgan fingerprint density at radius 3 is 2.61 bits per heavy atom. The van der Waals surface area contributed by atoms with Crippen molar-refractivity contribution in [2.75, 3.05) is 32.8 Å². The van der Waals surface area contributed by atoms with Crippen molar-refractivity contribution >= 4 is 23.0 Å². The van der Waals surface area contributed by atoms with Gasteiger partial charge in [-0.05, 0) is 48.7 Å². The van der Waals surface area contributed by atoms with E-state index in [0.29, 0.717) is 30.3 Å². The van der Waals surface area contributed by atoms with Crippen molar-refractivity contribution in [1.29, 1.82) is 0 Å². The maximum absolute atomic E-state index is 13.3. The van der Waals surface area contributed by atoms with Gasteiger partial charge in [0.1, 0.15) is 5.75 Å². The Labute approximate surface area is 187 Å². The molecule has 0 saturated heterocycles. The Bertz CT molecular complexity index is 935. The molecule has 1 aromatic carbocycles. The second kappa shape index (κ2) is 10.6. The van der Waals surface area contributed by atoms with Gasteiger partial charge in [0, 0.05) is 13.1 Å². The third-order valence-electron chi connectivity index (χ3n) is 5.49. The summed E-state index contributed by atoms with van der Waals surface area (Å²) < 4.78 is 5.77. The lowest BCUT2D eigenvalue weighted by Gasteiger charge is -2.29. The lowest BCUT2D eigenvalue weighted by molar-refractivity contribution is -0.129. The number of benzene rings is 1. The van der Waals surface area contributed by atoms with Crippen LogP contribution in [0.4, 0.5) is 0 Å². The minimum Gasteiger partial charge on any atom is -0.503 e. The summed E-state index contributed by atoms with van der Waals surface area (Å²) in [6.07, 6.45) is 0.880. The fraction of sp³-hybridized carbons (Fsp3) is 0.417. The van der Waals surface area contributed by atoms with Crippen LogP contribution in [0, 0.1) is 0 Å². The van der Waals surface area contributed by atoms with E-state index >= 15 is 0 Å². The largest absolute Gasteiger partial charge is 0.503 e. The summed E-state index contributed by atoms with van der Waals surface area (Å²) in [6, 6.07) is 10.3. The third-order valence-corrected chi connectivity index (χ3v) is 6.36. The fourth-order valence-electron chi connectivity index (χ4n) is 3.79. The summed E-state index contributed by atoms with van der Waals surface area (Å²) in [5, 5.41) is 12.6. The Morgan fingerprint density at radius 2 is 1.97 bits per heavy atom. The molecule has 0 fully saturated rings. The number of carbonyl (C=O) groups is 2. The molecule has 166 valence electrons. The van der Waals surface area contributed by atoms with Crippen molar-refractivity contribution in [3.63, 3.8) is 0 Å². The lowest BCUT2D eigenvalue weighted by Crippen LogP contribution is -2.38. The number of rotatable bonds is 11. The van der Waals surface area contributed by atoms with Gasteiger partial charge in [0.15, 0.2) is 5.76 Å². The number of hydrogen-bond donors (Lipinski definition) is 1. The van der Waals surface area contributed by atoms with Gasteiger partial charge < -0.3 is 19.6 Å². The molecule has 1 aliphatic heterocycles. The number of thiophene rings is 1. The molecule has 0 bridgehead atoms. The predicted octanol–water partition coefficient (Wildman–Crippen LogP) is 4.46. The van der Waals surface area contributed by atoms with E-state index in [9.17, 15) is 14.7 Å². The predicted molar refractivity (Wildman–Crippen MR) is 123 cm³/mol. The first-order valence-corrected chi connectivity index (χ1v) is 11.7. The van der Waals surface area contributed by atoms with E-state index in [1.165, 1.54) is 11.3 Å². The van der Waals surface area contributed by atoms with Crippen LogP contribution in [0.1, 0.15) is 48.5 Å². The number of aliphatic hydroxyl groups is 1. The third kappa shape index (κ3) is 4.99. The number of likely N-dealkylation sites (N-methyl/N-ethyl adjacent to an activating group) is 1. The van der Waals surface area contributed by atoms with E-state index in [-0.39, 0.29) is 11.4 Å². The maximum atomic E-state index is 13.3. The van der Waals surface area contributed by atoms with Crippen LogP contribution >= 0.6 is 11.3 Å². The zero-order valence-corrected chi connectivity index (χ0v) is 19.2. The first kappa shape index (κ1) is 23.0. The average Bonchev–Trinajstić information content (AvgIpc) is 3.41. The topological polar surface area (TPSA) is 70.1 Å². The SMILES string of the molecule is CCCOc1cccc(C2C(C(=O)c3cccs3)=C(O)C(=O)N2CCN(CC)CC)c1. The van der Waals surface area contributed by atoms with E-state index in [4.69, 9.17) is 4.74 Å². The number of amides is 1. The Kier molecular flexibility index (Phi) is 7.87. The van der Waals surface area contributed by atoms with Gasteiger partial charge in [-0.25, -0.2) is 0 Å². The molecular formula is C24H30N2O4S. The monoisotopic (exact) mass is 442 g/mol. The molecule has 2 aromatic rings. The number of aliphatic hydroxyl groups excluding tert-OH is 1. The molecule has 2 heterocycles. The van der Waals surface area contributed by atoms with Crippen molar-refractivity contribution in [1.82, 2.24) is 9.80 Å². The van der Waals surface area contributed by atoms with Crippen LogP contribution in [-0.4, -0.2) is 59.4 Å². The highest BCUT2D eigenvalue weighted by Crippen LogP contribution is 2.40. The smallest absolute Gasteiger partial charge is 0.290 e. The molecule has 0 spiro atoms. The molecule has 7 heteroatoms. The highest BCUT2D eigenvalue weighted by molar-refractivity contribution is 7.12. The Balaban J connectivity index is 2.00. The normalized spacial score (nSPS) is 16.5. The zero-order chi connectivity index (χ0) is 22.4. The lowest BCUT2D eigenvalue weighted by atomic mass is 9.95. The number of carbonyl (C=O) groups excluding carboxylic acids is 2. The van der Waals surface area contributed by atoms with Gasteiger partial charge in [-0.3, -0.25) is 9.59 Å². The summed E-state index contributed by atoms with van der Waals surface area (Å²) in [6.45, 7) is 9.57. The molecule has 1 N–H and O–H groups in total. The molecule has 1 unspecified atom stereocenters. The Hall–Kier alpha value is -2.64. The number of ether oxygens (including phenoxy) is 1. The molecule has 1 atom stereocenters. The van der Waals surface area contributed by atoms with Crippen molar-refractivity contribution in [3.05, 3.63) is 63.6 Å². The minimum atomic E-state index is -0.650. The summed E-state index contributed by atoms with van der Waals surface area (Å²) in [5.74, 6) is -0.583. The minimum absolute atomic E-state index is 0.139. The molecule has 6 nitrogen and oxygen atoms in total. The molecule has 0 radical (unpaired) electrons. The maximum Gasteiger partial charge on any atom is 0.290 e. The highest BCUT2D eigenvalue weighted by Gasteiger charge is 2.44. The number of nitrogens with zero attached hydrogens (tertiary/aromatic N) is 2. The Morgan fingerprint density at radius 1 is 1.19 bits per heavy atom. The number of hydrogen-bond acceptors (Lipinski definition) is 6. The first-order valence-electron chi connectivity index (χ1n) is 10.8. The highest BCUT2D eigenvalue weighted by atomic mass is 32.1. The van der Waals surface area contributed by atoms with E-state index in [1.807, 2.05) is 36.6 Å². The molecule has 1 aromatic heterocycles. The van der Waals surface area contributed by atoms with Crippen molar-refractivity contribution in [3.8, 4) is 5.75 Å². The molecule has 1 aliphatic rings. The fourth-order valence-corrected chi connectivity index (χ4v) is 4.46. The molecule has 31 heavy (non-hydrogen) atoms. The summed E-state index contributed by atoms with van der Waals surface area (Å²) in [4.78, 5) is 30.6. The van der Waals surface area contributed by atoms with Crippen molar-refractivity contribution in [2.24, 2.45) is 0 Å². The van der Waals surface area contributed by atoms with Crippen molar-refractivity contribution in [2.45, 2.75) is 33.2 Å². The summed E-state index contributed by atoms with van der Waals surface area (Å²) in [5.41, 5.74) is 0.894. The van der Waals surface area contributed by atoms with Gasteiger partial charge in [0.05, 0.1) is 23.1 Å². The number of ketones is 1. The first-order chi connectivity index (χ1) is 15.0. The van der Waals surface area contributed by atoms with Crippen LogP contribution in [0.15, 0.2) is 53.1 Å². The standard InChI is InChI=1S/C24H30N2O4S/c1-4-14-30-18-10-7-9-17(16-18)21-20(22(27)19-11-8-15-31-19)23(28)24(29)26(21)13-12-25(5-2)6-3/h7-11,15-16,21,28H,4-6,12-14H2,1-3H3. The van der Waals surface area contributed by atoms with Crippen LogP contribution in [0.25, 0.3) is 0 Å². The van der Waals surface area contributed by atoms with Crippen LogP contribution in [-0.2, 0) is 4.79 Å². The average molecular weight is 443 g/mol.